The van der Waals surface area contributed by atoms with Crippen LogP contribution in [0.3, 0.4) is 0 Å². The summed E-state index contributed by atoms with van der Waals surface area (Å²) in [4.78, 5) is 2.28. The van der Waals surface area contributed by atoms with Crippen LogP contribution in [-0.2, 0) is 6.54 Å². The van der Waals surface area contributed by atoms with Crippen molar-refractivity contribution in [2.45, 2.75) is 31.3 Å². The van der Waals surface area contributed by atoms with Crippen LogP contribution in [0, 0.1) is 5.82 Å². The highest BCUT2D eigenvalue weighted by Crippen LogP contribution is 2.35. The van der Waals surface area contributed by atoms with Crippen molar-refractivity contribution >= 4 is 11.6 Å². The van der Waals surface area contributed by atoms with Crippen molar-refractivity contribution in [1.29, 1.82) is 0 Å². The van der Waals surface area contributed by atoms with Gasteiger partial charge in [-0.15, -0.1) is 0 Å². The second-order valence-electron chi connectivity index (χ2n) is 5.29. The summed E-state index contributed by atoms with van der Waals surface area (Å²) in [6.45, 7) is 1.42. The highest BCUT2D eigenvalue weighted by Gasteiger charge is 2.38. The van der Waals surface area contributed by atoms with Crippen LogP contribution in [-0.4, -0.2) is 31.1 Å². The van der Waals surface area contributed by atoms with Crippen molar-refractivity contribution in [2.24, 2.45) is 0 Å². The van der Waals surface area contributed by atoms with E-state index in [1.807, 2.05) is 0 Å². The molecule has 2 nitrogen and oxygen atoms in total. The van der Waals surface area contributed by atoms with E-state index in [-0.39, 0.29) is 16.4 Å². The zero-order valence-corrected chi connectivity index (χ0v) is 11.7. The lowest BCUT2D eigenvalue weighted by atomic mass is 9.75. The molecule has 0 bridgehead atoms. The monoisotopic (exact) mass is 270 g/mol. The molecule has 1 aromatic rings. The molecule has 0 aromatic heterocycles. The van der Waals surface area contributed by atoms with Crippen molar-refractivity contribution in [3.63, 3.8) is 0 Å². The molecule has 1 aliphatic rings. The quantitative estimate of drug-likeness (QED) is 0.885. The number of hydrogen-bond acceptors (Lipinski definition) is 2. The topological polar surface area (TPSA) is 15.3 Å². The number of hydrogen-bond donors (Lipinski definition) is 1. The summed E-state index contributed by atoms with van der Waals surface area (Å²) in [5.41, 5.74) is 0.894. The number of likely N-dealkylation sites (N-methyl/N-ethyl adjacent to an activating group) is 1. The first kappa shape index (κ1) is 13.8. The first-order chi connectivity index (χ1) is 8.55. The van der Waals surface area contributed by atoms with Gasteiger partial charge in [-0.1, -0.05) is 23.7 Å². The SMILES string of the molecule is CN(C)C1(CNCc2cccc(Cl)c2F)CCC1. The van der Waals surface area contributed by atoms with Gasteiger partial charge in [-0.25, -0.2) is 4.39 Å². The summed E-state index contributed by atoms with van der Waals surface area (Å²) in [5, 5.41) is 3.55. The third-order valence-corrected chi connectivity index (χ3v) is 4.33. The molecular weight excluding hydrogens is 251 g/mol. The van der Waals surface area contributed by atoms with Crippen molar-refractivity contribution < 1.29 is 4.39 Å². The van der Waals surface area contributed by atoms with Crippen LogP contribution < -0.4 is 5.32 Å². The molecule has 0 amide bonds. The molecular formula is C14H20ClFN2. The minimum absolute atomic E-state index is 0.195. The van der Waals surface area contributed by atoms with Crippen molar-refractivity contribution in [3.8, 4) is 0 Å². The maximum Gasteiger partial charge on any atom is 0.146 e. The summed E-state index contributed by atoms with van der Waals surface area (Å²) < 4.78 is 13.7. The lowest BCUT2D eigenvalue weighted by Gasteiger charge is -2.47. The summed E-state index contributed by atoms with van der Waals surface area (Å²) in [6.07, 6.45) is 3.71. The molecule has 1 aromatic carbocycles. The van der Waals surface area contributed by atoms with Crippen LogP contribution in [0.4, 0.5) is 4.39 Å². The normalized spacial score (nSPS) is 17.8. The van der Waals surface area contributed by atoms with E-state index >= 15 is 0 Å². The van der Waals surface area contributed by atoms with Gasteiger partial charge in [0, 0.05) is 24.2 Å². The second kappa shape index (κ2) is 5.55. The van der Waals surface area contributed by atoms with Crippen LogP contribution in [0.15, 0.2) is 18.2 Å². The van der Waals surface area contributed by atoms with Gasteiger partial charge < -0.3 is 10.2 Å². The number of rotatable bonds is 5. The van der Waals surface area contributed by atoms with Gasteiger partial charge in [-0.2, -0.15) is 0 Å². The van der Waals surface area contributed by atoms with Gasteiger partial charge in [-0.3, -0.25) is 0 Å². The highest BCUT2D eigenvalue weighted by atomic mass is 35.5. The molecule has 1 N–H and O–H groups in total. The van der Waals surface area contributed by atoms with Crippen LogP contribution in [0.25, 0.3) is 0 Å². The van der Waals surface area contributed by atoms with E-state index in [1.54, 1.807) is 18.2 Å². The molecule has 100 valence electrons. The van der Waals surface area contributed by atoms with Gasteiger partial charge in [0.2, 0.25) is 0 Å². The van der Waals surface area contributed by atoms with Crippen LogP contribution in [0.1, 0.15) is 24.8 Å². The number of nitrogens with zero attached hydrogens (tertiary/aromatic N) is 1. The van der Waals surface area contributed by atoms with E-state index in [9.17, 15) is 4.39 Å². The van der Waals surface area contributed by atoms with E-state index in [4.69, 9.17) is 11.6 Å². The summed E-state index contributed by atoms with van der Waals surface area (Å²) in [5.74, 6) is -0.306. The third kappa shape index (κ3) is 2.68. The Balaban J connectivity index is 1.90. The molecule has 0 spiro atoms. The largest absolute Gasteiger partial charge is 0.311 e. The van der Waals surface area contributed by atoms with Gasteiger partial charge >= 0.3 is 0 Å². The van der Waals surface area contributed by atoms with Gasteiger partial charge in [0.15, 0.2) is 0 Å². The molecule has 1 saturated carbocycles. The molecule has 0 heterocycles. The maximum atomic E-state index is 13.7. The van der Waals surface area contributed by atoms with E-state index in [0.717, 1.165) is 6.54 Å². The first-order valence-corrected chi connectivity index (χ1v) is 6.74. The predicted molar refractivity (Wildman–Crippen MR) is 73.4 cm³/mol. The molecule has 2 rings (SSSR count). The lowest BCUT2D eigenvalue weighted by Crippen LogP contribution is -2.56. The van der Waals surface area contributed by atoms with Crippen molar-refractivity contribution in [2.75, 3.05) is 20.6 Å². The van der Waals surface area contributed by atoms with Crippen LogP contribution in [0.2, 0.25) is 5.02 Å². The first-order valence-electron chi connectivity index (χ1n) is 6.36. The fourth-order valence-corrected chi connectivity index (χ4v) is 2.68. The Kier molecular flexibility index (Phi) is 4.25. The standard InChI is InChI=1S/C14H20ClFN2/c1-18(2)14(7-4-8-14)10-17-9-11-5-3-6-12(15)13(11)16/h3,5-6,17H,4,7-10H2,1-2H3. The lowest BCUT2D eigenvalue weighted by molar-refractivity contribution is 0.0597. The smallest absolute Gasteiger partial charge is 0.146 e. The zero-order chi connectivity index (χ0) is 13.2. The fourth-order valence-electron chi connectivity index (χ4n) is 2.48. The zero-order valence-electron chi connectivity index (χ0n) is 11.0. The molecule has 0 unspecified atom stereocenters. The Labute approximate surface area is 113 Å². The van der Waals surface area contributed by atoms with E-state index in [0.29, 0.717) is 12.1 Å². The van der Waals surface area contributed by atoms with Crippen LogP contribution in [0.5, 0.6) is 0 Å². The second-order valence-corrected chi connectivity index (χ2v) is 5.70. The molecule has 0 radical (unpaired) electrons. The number of nitrogens with one attached hydrogen (secondary N) is 1. The minimum atomic E-state index is -0.306. The number of benzene rings is 1. The summed E-state index contributed by atoms with van der Waals surface area (Å²) in [6, 6.07) is 5.14. The van der Waals surface area contributed by atoms with Crippen LogP contribution >= 0.6 is 11.6 Å². The average Bonchev–Trinajstić information content (AvgIpc) is 2.27. The van der Waals surface area contributed by atoms with Crippen molar-refractivity contribution in [3.05, 3.63) is 34.6 Å². The Bertz CT molecular complexity index is 416. The molecule has 1 fully saturated rings. The Hall–Kier alpha value is -0.640. The van der Waals surface area contributed by atoms with E-state index in [1.165, 1.54) is 19.3 Å². The average molecular weight is 271 g/mol. The number of halogens is 2. The predicted octanol–water partition coefficient (Wildman–Crippen LogP) is 3.05. The van der Waals surface area contributed by atoms with E-state index < -0.39 is 0 Å². The summed E-state index contributed by atoms with van der Waals surface area (Å²) >= 11 is 5.76. The molecule has 0 saturated heterocycles. The minimum Gasteiger partial charge on any atom is -0.311 e. The molecule has 0 atom stereocenters. The fraction of sp³-hybridized carbons (Fsp3) is 0.571. The Morgan fingerprint density at radius 1 is 1.39 bits per heavy atom. The molecule has 18 heavy (non-hydrogen) atoms. The van der Waals surface area contributed by atoms with Gasteiger partial charge in [0.25, 0.3) is 0 Å². The Morgan fingerprint density at radius 2 is 2.11 bits per heavy atom. The highest BCUT2D eigenvalue weighted by molar-refractivity contribution is 6.30. The molecule has 0 aliphatic heterocycles. The van der Waals surface area contributed by atoms with E-state index in [2.05, 4.69) is 24.3 Å². The molecule has 4 heteroatoms. The summed E-state index contributed by atoms with van der Waals surface area (Å²) in [7, 11) is 4.22. The van der Waals surface area contributed by atoms with Gasteiger partial charge in [0.05, 0.1) is 5.02 Å². The van der Waals surface area contributed by atoms with Gasteiger partial charge in [-0.05, 0) is 39.4 Å². The molecule has 1 aliphatic carbocycles. The maximum absolute atomic E-state index is 13.7. The Morgan fingerprint density at radius 3 is 2.67 bits per heavy atom. The van der Waals surface area contributed by atoms with Gasteiger partial charge in [0.1, 0.15) is 5.82 Å². The van der Waals surface area contributed by atoms with Crippen molar-refractivity contribution in [1.82, 2.24) is 10.2 Å². The third-order valence-electron chi connectivity index (χ3n) is 4.03.